The summed E-state index contributed by atoms with van der Waals surface area (Å²) in [6.45, 7) is 1.40. The van der Waals surface area contributed by atoms with Crippen LogP contribution in [0.15, 0.2) is 48.5 Å². The fraction of sp³-hybridized carbons (Fsp3) is 0.263. The van der Waals surface area contributed by atoms with Crippen LogP contribution in [0.2, 0.25) is 0 Å². The first-order chi connectivity index (χ1) is 11.7. The third-order valence-electron chi connectivity index (χ3n) is 4.50. The van der Waals surface area contributed by atoms with Crippen molar-refractivity contribution < 1.29 is 9.53 Å². The minimum atomic E-state index is -0.253. The van der Waals surface area contributed by atoms with Gasteiger partial charge in [-0.05, 0) is 29.7 Å². The Kier molecular flexibility index (Phi) is 4.04. The van der Waals surface area contributed by atoms with E-state index in [4.69, 9.17) is 9.72 Å². The lowest BCUT2D eigenvalue weighted by Gasteiger charge is -2.34. The lowest BCUT2D eigenvalue weighted by molar-refractivity contribution is -0.147. The average molecular weight is 338 g/mol. The lowest BCUT2D eigenvalue weighted by atomic mass is 9.94. The van der Waals surface area contributed by atoms with Gasteiger partial charge in [-0.3, -0.25) is 9.69 Å². The minimum absolute atomic E-state index is 0.175. The molecule has 0 aliphatic carbocycles. The van der Waals surface area contributed by atoms with Crippen molar-refractivity contribution in [2.24, 2.45) is 0 Å². The number of nitrogens with zero attached hydrogens (tertiary/aromatic N) is 2. The Hall–Kier alpha value is -2.24. The number of esters is 1. The van der Waals surface area contributed by atoms with Gasteiger partial charge >= 0.3 is 5.97 Å². The summed E-state index contributed by atoms with van der Waals surface area (Å²) in [6, 6.07) is 16.2. The maximum atomic E-state index is 12.3. The zero-order chi connectivity index (χ0) is 16.5. The number of methoxy groups -OCH3 is 1. The van der Waals surface area contributed by atoms with Gasteiger partial charge in [0.15, 0.2) is 0 Å². The van der Waals surface area contributed by atoms with Crippen molar-refractivity contribution in [2.75, 3.05) is 7.11 Å². The summed E-state index contributed by atoms with van der Waals surface area (Å²) >= 11 is 1.69. The van der Waals surface area contributed by atoms with Gasteiger partial charge in [-0.25, -0.2) is 4.98 Å². The van der Waals surface area contributed by atoms with Gasteiger partial charge < -0.3 is 4.74 Å². The van der Waals surface area contributed by atoms with E-state index in [0.717, 1.165) is 17.1 Å². The fourth-order valence-corrected chi connectivity index (χ4v) is 4.27. The fourth-order valence-electron chi connectivity index (χ4n) is 3.27. The number of ether oxygens (including phenoxy) is 1. The molecule has 1 aromatic heterocycles. The Morgan fingerprint density at radius 2 is 1.96 bits per heavy atom. The Labute approximate surface area is 144 Å². The summed E-state index contributed by atoms with van der Waals surface area (Å²) in [6.07, 6.45) is 0.688. The molecule has 4 nitrogen and oxygen atoms in total. The molecular weight excluding hydrogens is 320 g/mol. The number of carbonyl (C=O) groups excluding carboxylic acids is 1. The molecule has 122 valence electrons. The number of para-hydroxylation sites is 1. The molecule has 1 aliphatic heterocycles. The van der Waals surface area contributed by atoms with Gasteiger partial charge in [0.05, 0.1) is 23.9 Å². The molecular formula is C19H18N2O2S. The van der Waals surface area contributed by atoms with Crippen molar-refractivity contribution in [2.45, 2.75) is 25.6 Å². The second kappa shape index (κ2) is 6.34. The summed E-state index contributed by atoms with van der Waals surface area (Å²) in [7, 11) is 1.46. The van der Waals surface area contributed by atoms with Crippen molar-refractivity contribution >= 4 is 27.5 Å². The lowest BCUT2D eigenvalue weighted by Crippen LogP contribution is -2.45. The normalized spacial score (nSPS) is 17.6. The van der Waals surface area contributed by atoms with Gasteiger partial charge in [0.2, 0.25) is 0 Å². The second-order valence-corrected chi connectivity index (χ2v) is 7.11. The number of hydrogen-bond donors (Lipinski definition) is 0. The first-order valence-electron chi connectivity index (χ1n) is 7.97. The summed E-state index contributed by atoms with van der Waals surface area (Å²) in [4.78, 5) is 19.1. The predicted octanol–water partition coefficient (Wildman–Crippen LogP) is 3.40. The van der Waals surface area contributed by atoms with Crippen molar-refractivity contribution in [1.82, 2.24) is 9.88 Å². The molecule has 2 aromatic carbocycles. The second-order valence-electron chi connectivity index (χ2n) is 5.99. The quantitative estimate of drug-likeness (QED) is 0.687. The molecule has 4 rings (SSSR count). The molecule has 0 spiro atoms. The molecule has 0 unspecified atom stereocenters. The van der Waals surface area contributed by atoms with Gasteiger partial charge in [0, 0.05) is 6.54 Å². The molecule has 3 aromatic rings. The predicted molar refractivity (Wildman–Crippen MR) is 94.8 cm³/mol. The standard InChI is InChI=1S/C19H18N2O2S/c1-23-19(22)16-10-13-6-2-3-7-14(13)11-21(16)12-18-20-15-8-4-5-9-17(15)24-18/h2-9,16H,10-12H2,1H3/t16-/m0/s1. The van der Waals surface area contributed by atoms with E-state index in [-0.39, 0.29) is 12.0 Å². The average Bonchev–Trinajstić information content (AvgIpc) is 3.02. The summed E-state index contributed by atoms with van der Waals surface area (Å²) in [5.41, 5.74) is 3.52. The molecule has 0 bridgehead atoms. The maximum absolute atomic E-state index is 12.3. The van der Waals surface area contributed by atoms with Gasteiger partial charge in [0.25, 0.3) is 0 Å². The van der Waals surface area contributed by atoms with Crippen LogP contribution >= 0.6 is 11.3 Å². The highest BCUT2D eigenvalue weighted by molar-refractivity contribution is 7.18. The molecule has 0 saturated carbocycles. The SMILES string of the molecule is COC(=O)[C@@H]1Cc2ccccc2CN1Cc1nc2ccccc2s1. The Balaban J connectivity index is 1.64. The van der Waals surface area contributed by atoms with E-state index < -0.39 is 0 Å². The minimum Gasteiger partial charge on any atom is -0.468 e. The number of thiazole rings is 1. The molecule has 24 heavy (non-hydrogen) atoms. The van der Waals surface area contributed by atoms with Crippen LogP contribution in [-0.4, -0.2) is 29.0 Å². The van der Waals surface area contributed by atoms with Gasteiger partial charge in [-0.1, -0.05) is 36.4 Å². The van der Waals surface area contributed by atoms with Gasteiger partial charge in [-0.2, -0.15) is 0 Å². The van der Waals surface area contributed by atoms with Gasteiger partial charge in [0.1, 0.15) is 11.0 Å². The highest BCUT2D eigenvalue weighted by Crippen LogP contribution is 2.28. The number of aromatic nitrogens is 1. The number of hydrogen-bond acceptors (Lipinski definition) is 5. The van der Waals surface area contributed by atoms with Crippen LogP contribution in [0.25, 0.3) is 10.2 Å². The largest absolute Gasteiger partial charge is 0.468 e. The summed E-state index contributed by atoms with van der Waals surface area (Å²) in [5, 5.41) is 1.03. The Morgan fingerprint density at radius 3 is 2.75 bits per heavy atom. The van der Waals surface area contributed by atoms with Gasteiger partial charge in [-0.15, -0.1) is 11.3 Å². The monoisotopic (exact) mass is 338 g/mol. The molecule has 0 amide bonds. The Bertz CT molecular complexity index is 857. The maximum Gasteiger partial charge on any atom is 0.323 e. The summed E-state index contributed by atoms with van der Waals surface area (Å²) in [5.74, 6) is -0.175. The topological polar surface area (TPSA) is 42.4 Å². The number of fused-ring (bicyclic) bond motifs is 2. The van der Waals surface area contributed by atoms with Crippen molar-refractivity contribution in [3.8, 4) is 0 Å². The molecule has 5 heteroatoms. The molecule has 0 radical (unpaired) electrons. The van der Waals surface area contributed by atoms with Crippen LogP contribution in [-0.2, 0) is 29.0 Å². The van der Waals surface area contributed by atoms with E-state index in [0.29, 0.717) is 13.0 Å². The third-order valence-corrected chi connectivity index (χ3v) is 5.52. The van der Waals surface area contributed by atoms with Crippen LogP contribution < -0.4 is 0 Å². The van der Waals surface area contributed by atoms with E-state index in [9.17, 15) is 4.79 Å². The smallest absolute Gasteiger partial charge is 0.323 e. The molecule has 1 aliphatic rings. The summed E-state index contributed by atoms with van der Waals surface area (Å²) < 4.78 is 6.21. The van der Waals surface area contributed by atoms with E-state index in [1.54, 1.807) is 11.3 Å². The van der Waals surface area contributed by atoms with Crippen molar-refractivity contribution in [3.05, 3.63) is 64.7 Å². The molecule has 0 N–H and O–H groups in total. The highest BCUT2D eigenvalue weighted by Gasteiger charge is 2.32. The zero-order valence-electron chi connectivity index (χ0n) is 13.4. The molecule has 0 saturated heterocycles. The number of rotatable bonds is 3. The van der Waals surface area contributed by atoms with E-state index in [1.807, 2.05) is 30.3 Å². The van der Waals surface area contributed by atoms with Crippen LogP contribution in [0.1, 0.15) is 16.1 Å². The number of benzene rings is 2. The highest BCUT2D eigenvalue weighted by atomic mass is 32.1. The molecule has 2 heterocycles. The number of carbonyl (C=O) groups is 1. The first-order valence-corrected chi connectivity index (χ1v) is 8.79. The van der Waals surface area contributed by atoms with Crippen LogP contribution in [0.5, 0.6) is 0 Å². The first kappa shape index (κ1) is 15.3. The molecule has 0 fully saturated rings. The van der Waals surface area contributed by atoms with E-state index in [2.05, 4.69) is 23.1 Å². The van der Waals surface area contributed by atoms with Crippen LogP contribution in [0, 0.1) is 0 Å². The zero-order valence-corrected chi connectivity index (χ0v) is 14.3. The molecule has 1 atom stereocenters. The van der Waals surface area contributed by atoms with E-state index in [1.165, 1.54) is 22.9 Å². The van der Waals surface area contributed by atoms with Crippen LogP contribution in [0.4, 0.5) is 0 Å². The van der Waals surface area contributed by atoms with E-state index >= 15 is 0 Å². The Morgan fingerprint density at radius 1 is 1.21 bits per heavy atom. The van der Waals surface area contributed by atoms with Crippen molar-refractivity contribution in [1.29, 1.82) is 0 Å². The van der Waals surface area contributed by atoms with Crippen molar-refractivity contribution in [3.63, 3.8) is 0 Å². The third kappa shape index (κ3) is 2.81. The van der Waals surface area contributed by atoms with Crippen LogP contribution in [0.3, 0.4) is 0 Å².